The number of amides is 1. The molecule has 0 radical (unpaired) electrons. The van der Waals surface area contributed by atoms with Crippen molar-refractivity contribution in [3.63, 3.8) is 0 Å². The molecule has 1 amide bonds. The van der Waals surface area contributed by atoms with Crippen LogP contribution in [0.1, 0.15) is 49.9 Å². The molecule has 0 heterocycles. The highest BCUT2D eigenvalue weighted by molar-refractivity contribution is 5.94. The van der Waals surface area contributed by atoms with E-state index in [4.69, 9.17) is 4.74 Å². The zero-order chi connectivity index (χ0) is 15.1. The van der Waals surface area contributed by atoms with Crippen molar-refractivity contribution in [2.75, 3.05) is 13.2 Å². The van der Waals surface area contributed by atoms with Crippen molar-refractivity contribution in [3.05, 3.63) is 29.8 Å². The van der Waals surface area contributed by atoms with Crippen molar-refractivity contribution in [1.82, 2.24) is 10.6 Å². The van der Waals surface area contributed by atoms with E-state index < -0.39 is 0 Å². The van der Waals surface area contributed by atoms with E-state index in [0.717, 1.165) is 38.0 Å². The molecule has 0 saturated heterocycles. The van der Waals surface area contributed by atoms with Gasteiger partial charge in [0.15, 0.2) is 0 Å². The Labute approximate surface area is 127 Å². The SMILES string of the molecule is CCNC1CCC(NC(=O)c2ccc(OCC)cc2)CC1. The minimum Gasteiger partial charge on any atom is -0.494 e. The predicted molar refractivity (Wildman–Crippen MR) is 84.8 cm³/mol. The second kappa shape index (κ2) is 8.03. The Morgan fingerprint density at radius 2 is 1.71 bits per heavy atom. The summed E-state index contributed by atoms with van der Waals surface area (Å²) >= 11 is 0. The third-order valence-electron chi connectivity index (χ3n) is 3.98. The maximum absolute atomic E-state index is 12.2. The molecule has 0 spiro atoms. The molecule has 0 bridgehead atoms. The normalized spacial score (nSPS) is 21.8. The molecule has 116 valence electrons. The number of hydrogen-bond acceptors (Lipinski definition) is 3. The Kier molecular flexibility index (Phi) is 6.05. The maximum atomic E-state index is 12.2. The molecule has 4 nitrogen and oxygen atoms in total. The summed E-state index contributed by atoms with van der Waals surface area (Å²) < 4.78 is 5.39. The summed E-state index contributed by atoms with van der Waals surface area (Å²) in [7, 11) is 0. The van der Waals surface area contributed by atoms with E-state index in [2.05, 4.69) is 17.6 Å². The highest BCUT2D eigenvalue weighted by Crippen LogP contribution is 2.19. The van der Waals surface area contributed by atoms with Gasteiger partial charge in [0.05, 0.1) is 6.61 Å². The lowest BCUT2D eigenvalue weighted by Crippen LogP contribution is -2.42. The minimum absolute atomic E-state index is 0.0185. The predicted octanol–water partition coefficient (Wildman–Crippen LogP) is 2.74. The Hall–Kier alpha value is -1.55. The molecule has 1 fully saturated rings. The monoisotopic (exact) mass is 290 g/mol. The average Bonchev–Trinajstić information content (AvgIpc) is 2.50. The fraction of sp³-hybridized carbons (Fsp3) is 0.588. The summed E-state index contributed by atoms with van der Waals surface area (Å²) in [6.07, 6.45) is 4.39. The van der Waals surface area contributed by atoms with Crippen LogP contribution in [0.3, 0.4) is 0 Å². The van der Waals surface area contributed by atoms with Crippen LogP contribution in [-0.4, -0.2) is 31.1 Å². The first-order valence-electron chi connectivity index (χ1n) is 8.00. The van der Waals surface area contributed by atoms with E-state index >= 15 is 0 Å². The highest BCUT2D eigenvalue weighted by Gasteiger charge is 2.22. The summed E-state index contributed by atoms with van der Waals surface area (Å²) in [5.41, 5.74) is 0.701. The van der Waals surface area contributed by atoms with Gasteiger partial charge in [-0.1, -0.05) is 6.92 Å². The summed E-state index contributed by atoms with van der Waals surface area (Å²) in [4.78, 5) is 12.2. The number of nitrogens with one attached hydrogen (secondary N) is 2. The molecule has 0 unspecified atom stereocenters. The van der Waals surface area contributed by atoms with Gasteiger partial charge in [-0.2, -0.15) is 0 Å². The maximum Gasteiger partial charge on any atom is 0.251 e. The van der Waals surface area contributed by atoms with Gasteiger partial charge in [-0.3, -0.25) is 4.79 Å². The van der Waals surface area contributed by atoms with Gasteiger partial charge in [-0.15, -0.1) is 0 Å². The molecule has 1 saturated carbocycles. The first kappa shape index (κ1) is 15.8. The molecule has 0 aliphatic heterocycles. The highest BCUT2D eigenvalue weighted by atomic mass is 16.5. The molecule has 4 heteroatoms. The Bertz CT molecular complexity index is 437. The topological polar surface area (TPSA) is 50.4 Å². The minimum atomic E-state index is 0.0185. The van der Waals surface area contributed by atoms with Crippen molar-refractivity contribution in [2.45, 2.75) is 51.6 Å². The van der Waals surface area contributed by atoms with Crippen LogP contribution < -0.4 is 15.4 Å². The van der Waals surface area contributed by atoms with Crippen LogP contribution in [0.15, 0.2) is 24.3 Å². The first-order chi connectivity index (χ1) is 10.2. The van der Waals surface area contributed by atoms with Crippen molar-refractivity contribution >= 4 is 5.91 Å². The molecule has 1 aromatic rings. The van der Waals surface area contributed by atoms with E-state index in [0.29, 0.717) is 24.3 Å². The van der Waals surface area contributed by atoms with Gasteiger partial charge in [0.1, 0.15) is 5.75 Å². The summed E-state index contributed by atoms with van der Waals surface area (Å²) in [5, 5.41) is 6.62. The third-order valence-corrected chi connectivity index (χ3v) is 3.98. The number of ether oxygens (including phenoxy) is 1. The number of carbonyl (C=O) groups excluding carboxylic acids is 1. The molecule has 1 aliphatic rings. The lowest BCUT2D eigenvalue weighted by Gasteiger charge is -2.29. The molecule has 2 rings (SSSR count). The number of benzene rings is 1. The second-order valence-corrected chi connectivity index (χ2v) is 5.54. The largest absolute Gasteiger partial charge is 0.494 e. The van der Waals surface area contributed by atoms with Crippen molar-refractivity contribution in [2.24, 2.45) is 0 Å². The van der Waals surface area contributed by atoms with Gasteiger partial charge in [0.25, 0.3) is 5.91 Å². The van der Waals surface area contributed by atoms with E-state index in [1.54, 1.807) is 0 Å². The average molecular weight is 290 g/mol. The van der Waals surface area contributed by atoms with E-state index in [1.807, 2.05) is 31.2 Å². The second-order valence-electron chi connectivity index (χ2n) is 5.54. The summed E-state index contributed by atoms with van der Waals surface area (Å²) in [6.45, 7) is 5.75. The van der Waals surface area contributed by atoms with E-state index in [9.17, 15) is 4.79 Å². The van der Waals surface area contributed by atoms with Crippen molar-refractivity contribution in [3.8, 4) is 5.75 Å². The van der Waals surface area contributed by atoms with Crippen molar-refractivity contribution < 1.29 is 9.53 Å². The summed E-state index contributed by atoms with van der Waals surface area (Å²) in [5.74, 6) is 0.824. The molecular weight excluding hydrogens is 264 g/mol. The lowest BCUT2D eigenvalue weighted by molar-refractivity contribution is 0.0924. The molecule has 1 aromatic carbocycles. The van der Waals surface area contributed by atoms with Crippen LogP contribution in [0.5, 0.6) is 5.75 Å². The van der Waals surface area contributed by atoms with Gasteiger partial charge in [-0.05, 0) is 63.4 Å². The molecule has 0 aromatic heterocycles. The number of rotatable bonds is 6. The Balaban J connectivity index is 1.81. The molecule has 21 heavy (non-hydrogen) atoms. The smallest absolute Gasteiger partial charge is 0.251 e. The van der Waals surface area contributed by atoms with Crippen LogP contribution in [-0.2, 0) is 0 Å². The molecule has 2 N–H and O–H groups in total. The quantitative estimate of drug-likeness (QED) is 0.847. The van der Waals surface area contributed by atoms with Gasteiger partial charge in [0.2, 0.25) is 0 Å². The van der Waals surface area contributed by atoms with Crippen LogP contribution >= 0.6 is 0 Å². The zero-order valence-corrected chi connectivity index (χ0v) is 13.0. The van der Waals surface area contributed by atoms with E-state index in [1.165, 1.54) is 0 Å². The number of carbonyl (C=O) groups is 1. The van der Waals surface area contributed by atoms with Gasteiger partial charge < -0.3 is 15.4 Å². The number of hydrogen-bond donors (Lipinski definition) is 2. The zero-order valence-electron chi connectivity index (χ0n) is 13.0. The third kappa shape index (κ3) is 4.74. The molecular formula is C17H26N2O2. The van der Waals surface area contributed by atoms with Crippen LogP contribution in [0, 0.1) is 0 Å². The Morgan fingerprint density at radius 1 is 1.10 bits per heavy atom. The lowest BCUT2D eigenvalue weighted by atomic mass is 9.91. The van der Waals surface area contributed by atoms with E-state index in [-0.39, 0.29) is 5.91 Å². The van der Waals surface area contributed by atoms with Crippen LogP contribution in [0.25, 0.3) is 0 Å². The fourth-order valence-electron chi connectivity index (χ4n) is 2.87. The molecule has 1 aliphatic carbocycles. The fourth-order valence-corrected chi connectivity index (χ4v) is 2.87. The van der Waals surface area contributed by atoms with Crippen LogP contribution in [0.2, 0.25) is 0 Å². The van der Waals surface area contributed by atoms with Gasteiger partial charge in [-0.25, -0.2) is 0 Å². The summed E-state index contributed by atoms with van der Waals surface area (Å²) in [6, 6.07) is 8.27. The first-order valence-corrected chi connectivity index (χ1v) is 8.00. The Morgan fingerprint density at radius 3 is 2.29 bits per heavy atom. The standard InChI is InChI=1S/C17H26N2O2/c1-3-18-14-7-9-15(10-8-14)19-17(20)13-5-11-16(12-6-13)21-4-2/h5-6,11-12,14-15,18H,3-4,7-10H2,1-2H3,(H,19,20). The van der Waals surface area contributed by atoms with Gasteiger partial charge in [0, 0.05) is 17.6 Å². The van der Waals surface area contributed by atoms with Crippen molar-refractivity contribution in [1.29, 1.82) is 0 Å². The van der Waals surface area contributed by atoms with Crippen LogP contribution in [0.4, 0.5) is 0 Å². The van der Waals surface area contributed by atoms with Gasteiger partial charge >= 0.3 is 0 Å². The molecule has 0 atom stereocenters.